The highest BCUT2D eigenvalue weighted by Crippen LogP contribution is 2.37. The lowest BCUT2D eigenvalue weighted by Crippen LogP contribution is -2.41. The first-order chi connectivity index (χ1) is 15.9. The van der Waals surface area contributed by atoms with Gasteiger partial charge in [0, 0.05) is 24.8 Å². The molecule has 0 radical (unpaired) electrons. The summed E-state index contributed by atoms with van der Waals surface area (Å²) in [6, 6.07) is 15.6. The van der Waals surface area contributed by atoms with E-state index < -0.39 is 10.0 Å². The van der Waals surface area contributed by atoms with Crippen LogP contribution in [0, 0.1) is 5.92 Å². The predicted molar refractivity (Wildman–Crippen MR) is 135 cm³/mol. The highest BCUT2D eigenvalue weighted by atomic mass is 35.5. The Balaban J connectivity index is 1.16. The number of sulfonamides is 1. The Morgan fingerprint density at radius 3 is 2.64 bits per heavy atom. The number of hydrogen-bond donors (Lipinski definition) is 0. The zero-order valence-corrected chi connectivity index (χ0v) is 21.1. The molecule has 2 aliphatic rings. The van der Waals surface area contributed by atoms with Crippen molar-refractivity contribution in [3.05, 3.63) is 59.1 Å². The second-order valence-electron chi connectivity index (χ2n) is 9.18. The summed E-state index contributed by atoms with van der Waals surface area (Å²) in [4.78, 5) is 2.43. The van der Waals surface area contributed by atoms with Gasteiger partial charge in [0.2, 0.25) is 0 Å². The van der Waals surface area contributed by atoms with Crippen LogP contribution >= 0.6 is 22.9 Å². The lowest BCUT2D eigenvalue weighted by atomic mass is 9.82. The van der Waals surface area contributed by atoms with Gasteiger partial charge in [0.05, 0.1) is 11.1 Å². The van der Waals surface area contributed by atoms with Crippen molar-refractivity contribution in [2.75, 3.05) is 26.7 Å². The minimum atomic E-state index is -3.49. The number of halogens is 1. The normalized spacial score (nSPS) is 21.5. The summed E-state index contributed by atoms with van der Waals surface area (Å²) in [7, 11) is -1.81. The molecule has 1 aliphatic heterocycles. The van der Waals surface area contributed by atoms with Crippen LogP contribution in [0.15, 0.2) is 52.7 Å². The fourth-order valence-corrected chi connectivity index (χ4v) is 7.84. The molecule has 0 bridgehead atoms. The van der Waals surface area contributed by atoms with Gasteiger partial charge in [-0.25, -0.2) is 8.42 Å². The van der Waals surface area contributed by atoms with Crippen LogP contribution in [0.3, 0.4) is 0 Å². The van der Waals surface area contributed by atoms with Crippen molar-refractivity contribution in [1.82, 2.24) is 9.21 Å². The average molecular weight is 505 g/mol. The van der Waals surface area contributed by atoms with Crippen molar-refractivity contribution < 1.29 is 13.2 Å². The van der Waals surface area contributed by atoms with Gasteiger partial charge in [-0.2, -0.15) is 4.31 Å². The first-order valence-electron chi connectivity index (χ1n) is 11.5. The van der Waals surface area contributed by atoms with Gasteiger partial charge >= 0.3 is 0 Å². The molecule has 0 spiro atoms. The molecule has 5 nitrogen and oxygen atoms in total. The molecule has 33 heavy (non-hydrogen) atoms. The number of ether oxygens (including phenoxy) is 1. The summed E-state index contributed by atoms with van der Waals surface area (Å²) in [5.41, 5.74) is 1.11. The molecular weight excluding hydrogens is 476 g/mol. The topological polar surface area (TPSA) is 49.9 Å². The Bertz CT molecular complexity index is 1200. The smallest absolute Gasteiger partial charge is 0.252 e. The SMILES string of the molecule is CN(CC1CC(Oc2cccc(CN3CCCC3)c2Cl)C1)S(=O)(=O)c1cc2ccccc2s1. The van der Waals surface area contributed by atoms with E-state index in [-0.39, 0.29) is 12.0 Å². The number of fused-ring (bicyclic) bond motifs is 1. The molecule has 5 rings (SSSR count). The molecule has 0 N–H and O–H groups in total. The van der Waals surface area contributed by atoms with Gasteiger partial charge in [-0.1, -0.05) is 41.9 Å². The Morgan fingerprint density at radius 2 is 1.88 bits per heavy atom. The van der Waals surface area contributed by atoms with Gasteiger partial charge in [0.15, 0.2) is 0 Å². The summed E-state index contributed by atoms with van der Waals surface area (Å²) < 4.78 is 35.2. The molecule has 1 saturated carbocycles. The molecule has 176 valence electrons. The lowest BCUT2D eigenvalue weighted by molar-refractivity contribution is 0.0575. The molecule has 0 unspecified atom stereocenters. The fraction of sp³-hybridized carbons (Fsp3) is 0.440. The molecule has 3 aromatic rings. The minimum Gasteiger partial charge on any atom is -0.489 e. The second kappa shape index (κ2) is 9.55. The third kappa shape index (κ3) is 4.93. The number of benzene rings is 2. The van der Waals surface area contributed by atoms with Crippen LogP contribution in [0.25, 0.3) is 10.1 Å². The molecule has 1 saturated heterocycles. The van der Waals surface area contributed by atoms with Crippen molar-refractivity contribution in [3.8, 4) is 5.75 Å². The first-order valence-corrected chi connectivity index (χ1v) is 14.1. The molecule has 1 aliphatic carbocycles. The van der Waals surface area contributed by atoms with E-state index in [0.717, 1.165) is 53.9 Å². The fourth-order valence-electron chi connectivity index (χ4n) is 4.75. The zero-order chi connectivity index (χ0) is 23.0. The molecule has 0 amide bonds. The van der Waals surface area contributed by atoms with Crippen LogP contribution in [0.4, 0.5) is 0 Å². The van der Waals surface area contributed by atoms with Crippen LogP contribution in [0.1, 0.15) is 31.2 Å². The molecule has 1 aromatic heterocycles. The standard InChI is InChI=1S/C25H29ClN2O3S2/c1-27(33(29,30)24-15-19-7-2-3-10-23(19)32-24)16-18-13-21(14-18)31-22-9-6-8-20(25(22)26)17-28-11-4-5-12-28/h2-3,6-10,15,18,21H,4-5,11-14,16-17H2,1H3. The molecule has 2 aromatic carbocycles. The minimum absolute atomic E-state index is 0.0787. The summed E-state index contributed by atoms with van der Waals surface area (Å²) in [5.74, 6) is 1.03. The molecule has 2 fully saturated rings. The predicted octanol–water partition coefficient (Wildman–Crippen LogP) is 5.63. The number of hydrogen-bond acceptors (Lipinski definition) is 5. The Morgan fingerprint density at radius 1 is 1.12 bits per heavy atom. The molecule has 8 heteroatoms. The number of likely N-dealkylation sites (tertiary alicyclic amines) is 1. The summed E-state index contributed by atoms with van der Waals surface area (Å²) in [5, 5.41) is 1.67. The van der Waals surface area contributed by atoms with E-state index in [4.69, 9.17) is 16.3 Å². The number of thiophene rings is 1. The van der Waals surface area contributed by atoms with Gasteiger partial charge in [-0.15, -0.1) is 11.3 Å². The third-order valence-corrected chi connectivity index (χ3v) is 10.5. The van der Waals surface area contributed by atoms with Gasteiger partial charge in [-0.05, 0) is 73.8 Å². The molecule has 0 atom stereocenters. The van der Waals surface area contributed by atoms with E-state index in [1.807, 2.05) is 36.4 Å². The largest absolute Gasteiger partial charge is 0.489 e. The maximum absolute atomic E-state index is 13.1. The van der Waals surface area contributed by atoms with Crippen molar-refractivity contribution in [1.29, 1.82) is 0 Å². The van der Waals surface area contributed by atoms with Gasteiger partial charge in [-0.3, -0.25) is 4.90 Å². The van der Waals surface area contributed by atoms with Crippen molar-refractivity contribution in [2.45, 2.75) is 42.5 Å². The number of nitrogens with zero attached hydrogens (tertiary/aromatic N) is 2. The Labute approximate surface area is 205 Å². The zero-order valence-electron chi connectivity index (χ0n) is 18.7. The van der Waals surface area contributed by atoms with Gasteiger partial charge < -0.3 is 4.74 Å². The summed E-state index contributed by atoms with van der Waals surface area (Å²) >= 11 is 7.99. The van der Waals surface area contributed by atoms with Gasteiger partial charge in [0.25, 0.3) is 10.0 Å². The maximum atomic E-state index is 13.1. The van der Waals surface area contributed by atoms with Crippen LogP contribution in [0.5, 0.6) is 5.75 Å². The molecular formula is C25H29ClN2O3S2. The van der Waals surface area contributed by atoms with E-state index >= 15 is 0 Å². The quantitative estimate of drug-likeness (QED) is 0.399. The second-order valence-corrected chi connectivity index (χ2v) is 12.9. The first kappa shape index (κ1) is 23.1. The Kier molecular flexibility index (Phi) is 6.69. The van der Waals surface area contributed by atoms with E-state index in [2.05, 4.69) is 11.0 Å². The number of rotatable bonds is 8. The van der Waals surface area contributed by atoms with Crippen molar-refractivity contribution in [2.24, 2.45) is 5.92 Å². The lowest BCUT2D eigenvalue weighted by Gasteiger charge is -2.37. The summed E-state index contributed by atoms with van der Waals surface area (Å²) in [6.45, 7) is 3.62. The summed E-state index contributed by atoms with van der Waals surface area (Å²) in [6.07, 6.45) is 4.25. The van der Waals surface area contributed by atoms with Crippen LogP contribution in [-0.2, 0) is 16.6 Å². The van der Waals surface area contributed by atoms with Crippen molar-refractivity contribution in [3.63, 3.8) is 0 Å². The van der Waals surface area contributed by atoms with E-state index in [0.29, 0.717) is 15.8 Å². The van der Waals surface area contributed by atoms with E-state index in [1.54, 1.807) is 13.1 Å². The highest BCUT2D eigenvalue weighted by molar-refractivity contribution is 7.91. The van der Waals surface area contributed by atoms with Crippen LogP contribution in [-0.4, -0.2) is 50.4 Å². The highest BCUT2D eigenvalue weighted by Gasteiger charge is 2.35. The van der Waals surface area contributed by atoms with E-state index in [9.17, 15) is 8.42 Å². The maximum Gasteiger partial charge on any atom is 0.252 e. The van der Waals surface area contributed by atoms with Crippen LogP contribution < -0.4 is 4.74 Å². The third-order valence-electron chi connectivity index (χ3n) is 6.70. The monoisotopic (exact) mass is 504 g/mol. The van der Waals surface area contributed by atoms with E-state index in [1.165, 1.54) is 28.5 Å². The Hall–Kier alpha value is -1.64. The average Bonchev–Trinajstić information content (AvgIpc) is 3.44. The molecule has 2 heterocycles. The van der Waals surface area contributed by atoms with Gasteiger partial charge in [0.1, 0.15) is 9.96 Å². The van der Waals surface area contributed by atoms with Crippen LogP contribution in [0.2, 0.25) is 5.02 Å². The van der Waals surface area contributed by atoms with Crippen molar-refractivity contribution >= 4 is 43.0 Å².